The Bertz CT molecular complexity index is 674. The number of esters is 1. The van der Waals surface area contributed by atoms with E-state index in [9.17, 15) is 9.59 Å². The highest BCUT2D eigenvalue weighted by molar-refractivity contribution is 5.82. The minimum absolute atomic E-state index is 0.119. The lowest BCUT2D eigenvalue weighted by Crippen LogP contribution is -2.48. The van der Waals surface area contributed by atoms with Crippen molar-refractivity contribution in [2.45, 2.75) is 31.8 Å². The molecule has 0 unspecified atom stereocenters. The van der Waals surface area contributed by atoms with Gasteiger partial charge in [0.2, 0.25) is 5.91 Å². The standard InChI is InChI=1S/C20H24N2O3/c1-15(23)25-14-18(12-16-8-4-2-5-9-16)22-20(24)19(21)13-17-10-6-3-7-11-17/h2-11,18-19H,12-14,21H2,1H3,(H,22,24)/t18-,19+/m1/s1. The third-order valence-corrected chi connectivity index (χ3v) is 3.79. The molecule has 0 spiro atoms. The minimum atomic E-state index is -0.655. The lowest BCUT2D eigenvalue weighted by atomic mass is 10.0. The molecule has 2 aromatic carbocycles. The first-order valence-electron chi connectivity index (χ1n) is 8.31. The first-order valence-corrected chi connectivity index (χ1v) is 8.31. The fourth-order valence-electron chi connectivity index (χ4n) is 2.54. The van der Waals surface area contributed by atoms with E-state index in [2.05, 4.69) is 5.32 Å². The van der Waals surface area contributed by atoms with Crippen molar-refractivity contribution in [3.63, 3.8) is 0 Å². The molecule has 0 aromatic heterocycles. The van der Waals surface area contributed by atoms with Crippen LogP contribution < -0.4 is 11.1 Å². The molecule has 5 heteroatoms. The van der Waals surface area contributed by atoms with Crippen molar-refractivity contribution in [2.24, 2.45) is 5.73 Å². The lowest BCUT2D eigenvalue weighted by molar-refractivity contribution is -0.142. The normalized spacial score (nSPS) is 12.9. The molecule has 0 fully saturated rings. The van der Waals surface area contributed by atoms with E-state index < -0.39 is 6.04 Å². The molecular weight excluding hydrogens is 316 g/mol. The van der Waals surface area contributed by atoms with Crippen molar-refractivity contribution in [1.82, 2.24) is 5.32 Å². The largest absolute Gasteiger partial charge is 0.464 e. The third-order valence-electron chi connectivity index (χ3n) is 3.79. The maximum absolute atomic E-state index is 12.4. The molecule has 0 radical (unpaired) electrons. The molecule has 2 aromatic rings. The molecule has 132 valence electrons. The molecule has 0 bridgehead atoms. The number of hydrogen-bond donors (Lipinski definition) is 2. The molecule has 25 heavy (non-hydrogen) atoms. The van der Waals surface area contributed by atoms with Gasteiger partial charge in [0, 0.05) is 6.92 Å². The highest BCUT2D eigenvalue weighted by Crippen LogP contribution is 2.06. The van der Waals surface area contributed by atoms with Crippen LogP contribution in [0.25, 0.3) is 0 Å². The summed E-state index contributed by atoms with van der Waals surface area (Å²) in [6, 6.07) is 18.4. The summed E-state index contributed by atoms with van der Waals surface area (Å²) in [7, 11) is 0. The fourth-order valence-corrected chi connectivity index (χ4v) is 2.54. The zero-order valence-corrected chi connectivity index (χ0v) is 14.4. The molecule has 3 N–H and O–H groups in total. The first kappa shape index (κ1) is 18.7. The summed E-state index contributed by atoms with van der Waals surface area (Å²) in [5.74, 6) is -0.627. The average molecular weight is 340 g/mol. The van der Waals surface area contributed by atoms with Crippen LogP contribution in [0.1, 0.15) is 18.1 Å². The molecule has 1 amide bonds. The predicted molar refractivity (Wildman–Crippen MR) is 96.8 cm³/mol. The van der Waals surface area contributed by atoms with E-state index in [-0.39, 0.29) is 24.5 Å². The summed E-state index contributed by atoms with van der Waals surface area (Å²) in [4.78, 5) is 23.5. The van der Waals surface area contributed by atoms with Crippen LogP contribution >= 0.6 is 0 Å². The number of carbonyl (C=O) groups excluding carboxylic acids is 2. The van der Waals surface area contributed by atoms with Crippen LogP contribution in [-0.4, -0.2) is 30.6 Å². The van der Waals surface area contributed by atoms with Crippen LogP contribution in [0.15, 0.2) is 60.7 Å². The number of rotatable bonds is 8. The second kappa shape index (κ2) is 9.59. The van der Waals surface area contributed by atoms with Crippen LogP contribution in [0.5, 0.6) is 0 Å². The monoisotopic (exact) mass is 340 g/mol. The summed E-state index contributed by atoms with van der Waals surface area (Å²) in [6.07, 6.45) is 1.02. The Balaban J connectivity index is 1.96. The van der Waals surface area contributed by atoms with Crippen molar-refractivity contribution in [3.05, 3.63) is 71.8 Å². The van der Waals surface area contributed by atoms with E-state index in [0.29, 0.717) is 12.8 Å². The van der Waals surface area contributed by atoms with Crippen LogP contribution in [0.2, 0.25) is 0 Å². The zero-order valence-electron chi connectivity index (χ0n) is 14.4. The topological polar surface area (TPSA) is 81.4 Å². The maximum atomic E-state index is 12.4. The summed E-state index contributed by atoms with van der Waals surface area (Å²) in [6.45, 7) is 1.47. The average Bonchev–Trinajstić information content (AvgIpc) is 2.61. The van der Waals surface area contributed by atoms with Gasteiger partial charge >= 0.3 is 5.97 Å². The quantitative estimate of drug-likeness (QED) is 0.719. The van der Waals surface area contributed by atoms with Gasteiger partial charge in [0.1, 0.15) is 6.61 Å². The van der Waals surface area contributed by atoms with Crippen molar-refractivity contribution in [2.75, 3.05) is 6.61 Å². The van der Waals surface area contributed by atoms with E-state index in [1.165, 1.54) is 6.92 Å². The number of nitrogens with two attached hydrogens (primary N) is 1. The number of carbonyl (C=O) groups is 2. The molecule has 0 aliphatic carbocycles. The predicted octanol–water partition coefficient (Wildman–Crippen LogP) is 1.85. The summed E-state index contributed by atoms with van der Waals surface area (Å²) in [5, 5.41) is 2.90. The Morgan fingerprint density at radius 2 is 1.48 bits per heavy atom. The van der Waals surface area contributed by atoms with Gasteiger partial charge in [-0.05, 0) is 24.0 Å². The molecule has 0 saturated heterocycles. The first-order chi connectivity index (χ1) is 12.0. The van der Waals surface area contributed by atoms with Crippen molar-refractivity contribution >= 4 is 11.9 Å². The van der Waals surface area contributed by atoms with Gasteiger partial charge in [0.05, 0.1) is 12.1 Å². The molecule has 0 aliphatic heterocycles. The second-order valence-corrected chi connectivity index (χ2v) is 5.99. The van der Waals surface area contributed by atoms with Gasteiger partial charge in [0.15, 0.2) is 0 Å². The fraction of sp³-hybridized carbons (Fsp3) is 0.300. The molecule has 0 saturated carbocycles. The van der Waals surface area contributed by atoms with E-state index in [0.717, 1.165) is 11.1 Å². The number of nitrogens with one attached hydrogen (secondary N) is 1. The van der Waals surface area contributed by atoms with Gasteiger partial charge in [0.25, 0.3) is 0 Å². The van der Waals surface area contributed by atoms with Gasteiger partial charge in [-0.2, -0.15) is 0 Å². The van der Waals surface area contributed by atoms with Gasteiger partial charge < -0.3 is 15.8 Å². The Hall–Kier alpha value is -2.66. The van der Waals surface area contributed by atoms with Gasteiger partial charge in [-0.3, -0.25) is 9.59 Å². The van der Waals surface area contributed by atoms with Gasteiger partial charge in [-0.1, -0.05) is 60.7 Å². The molecular formula is C20H24N2O3. The molecule has 0 aliphatic rings. The highest BCUT2D eigenvalue weighted by Gasteiger charge is 2.20. The van der Waals surface area contributed by atoms with Gasteiger partial charge in [-0.15, -0.1) is 0 Å². The third kappa shape index (κ3) is 6.77. The van der Waals surface area contributed by atoms with Crippen LogP contribution in [0, 0.1) is 0 Å². The van der Waals surface area contributed by atoms with E-state index >= 15 is 0 Å². The second-order valence-electron chi connectivity index (χ2n) is 5.99. The molecule has 2 rings (SSSR count). The summed E-state index contributed by atoms with van der Waals surface area (Å²) < 4.78 is 5.08. The number of benzene rings is 2. The lowest BCUT2D eigenvalue weighted by Gasteiger charge is -2.21. The minimum Gasteiger partial charge on any atom is -0.464 e. The summed E-state index contributed by atoms with van der Waals surface area (Å²) in [5.41, 5.74) is 8.08. The Labute approximate surface area is 148 Å². The zero-order chi connectivity index (χ0) is 18.1. The van der Waals surface area contributed by atoms with Crippen molar-refractivity contribution in [1.29, 1.82) is 0 Å². The summed E-state index contributed by atoms with van der Waals surface area (Å²) >= 11 is 0. The number of hydrogen-bond acceptors (Lipinski definition) is 4. The van der Waals surface area contributed by atoms with E-state index in [4.69, 9.17) is 10.5 Å². The molecule has 5 nitrogen and oxygen atoms in total. The van der Waals surface area contributed by atoms with Crippen LogP contribution in [0.4, 0.5) is 0 Å². The van der Waals surface area contributed by atoms with Crippen molar-refractivity contribution in [3.8, 4) is 0 Å². The van der Waals surface area contributed by atoms with E-state index in [1.54, 1.807) is 0 Å². The highest BCUT2D eigenvalue weighted by atomic mass is 16.5. The van der Waals surface area contributed by atoms with Crippen molar-refractivity contribution < 1.29 is 14.3 Å². The Morgan fingerprint density at radius 1 is 0.960 bits per heavy atom. The number of ether oxygens (including phenoxy) is 1. The van der Waals surface area contributed by atoms with Crippen LogP contribution in [0.3, 0.4) is 0 Å². The van der Waals surface area contributed by atoms with E-state index in [1.807, 2.05) is 60.7 Å². The molecule has 2 atom stereocenters. The Morgan fingerprint density at radius 3 is 2.00 bits per heavy atom. The maximum Gasteiger partial charge on any atom is 0.302 e. The molecule has 0 heterocycles. The SMILES string of the molecule is CC(=O)OC[C@@H](Cc1ccccc1)NC(=O)[C@@H](N)Cc1ccccc1. The number of amides is 1. The smallest absolute Gasteiger partial charge is 0.302 e. The van der Waals surface area contributed by atoms with Crippen LogP contribution in [-0.2, 0) is 27.2 Å². The Kier molecular flexibility index (Phi) is 7.16. The van der Waals surface area contributed by atoms with Gasteiger partial charge in [-0.25, -0.2) is 0 Å².